The number of aromatic nitrogens is 3. The number of unbranched alkanes of at least 4 members (excludes halogenated alkanes) is 1. The van der Waals surface area contributed by atoms with Gasteiger partial charge in [-0.3, -0.25) is 14.9 Å². The SMILES string of the molecule is CCCCC(NC(=O)c1cn[nH]c1-c1ccncc1)C(=O)O. The van der Waals surface area contributed by atoms with E-state index in [1.807, 2.05) is 6.92 Å². The second kappa shape index (κ2) is 7.35. The highest BCUT2D eigenvalue weighted by atomic mass is 16.4. The predicted octanol–water partition coefficient (Wildman–Crippen LogP) is 1.84. The van der Waals surface area contributed by atoms with Crippen LogP contribution >= 0.6 is 0 Å². The summed E-state index contributed by atoms with van der Waals surface area (Å²) in [7, 11) is 0. The molecule has 116 valence electrons. The number of aliphatic carboxylic acids is 1. The number of hydrogen-bond donors (Lipinski definition) is 3. The topological polar surface area (TPSA) is 108 Å². The van der Waals surface area contributed by atoms with Gasteiger partial charge in [-0.1, -0.05) is 19.8 Å². The van der Waals surface area contributed by atoms with E-state index in [4.69, 9.17) is 0 Å². The van der Waals surface area contributed by atoms with Gasteiger partial charge in [0, 0.05) is 18.0 Å². The quantitative estimate of drug-likeness (QED) is 0.723. The molecule has 0 radical (unpaired) electrons. The molecule has 1 atom stereocenters. The van der Waals surface area contributed by atoms with Gasteiger partial charge in [-0.2, -0.15) is 5.10 Å². The van der Waals surface area contributed by atoms with E-state index < -0.39 is 17.9 Å². The molecular formula is C15H18N4O3. The molecular weight excluding hydrogens is 284 g/mol. The number of amides is 1. The first kappa shape index (κ1) is 15.7. The van der Waals surface area contributed by atoms with Crippen molar-refractivity contribution in [2.45, 2.75) is 32.2 Å². The summed E-state index contributed by atoms with van der Waals surface area (Å²) in [4.78, 5) is 27.5. The average molecular weight is 302 g/mol. The van der Waals surface area contributed by atoms with E-state index in [-0.39, 0.29) is 0 Å². The van der Waals surface area contributed by atoms with E-state index in [1.165, 1.54) is 6.20 Å². The van der Waals surface area contributed by atoms with Crippen molar-refractivity contribution in [1.82, 2.24) is 20.5 Å². The molecule has 22 heavy (non-hydrogen) atoms. The lowest BCUT2D eigenvalue weighted by molar-refractivity contribution is -0.139. The molecule has 0 aliphatic heterocycles. The number of rotatable bonds is 7. The molecule has 0 saturated heterocycles. The minimum absolute atomic E-state index is 0.314. The summed E-state index contributed by atoms with van der Waals surface area (Å²) in [6.07, 6.45) is 6.62. The fraction of sp³-hybridized carbons (Fsp3) is 0.333. The number of carbonyl (C=O) groups excluding carboxylic acids is 1. The van der Waals surface area contributed by atoms with Gasteiger partial charge in [-0.15, -0.1) is 0 Å². The van der Waals surface area contributed by atoms with Crippen LogP contribution in [0, 0.1) is 0 Å². The Morgan fingerprint density at radius 1 is 1.36 bits per heavy atom. The van der Waals surface area contributed by atoms with Gasteiger partial charge in [0.1, 0.15) is 6.04 Å². The summed E-state index contributed by atoms with van der Waals surface area (Å²) in [6.45, 7) is 1.97. The molecule has 0 bridgehead atoms. The highest BCUT2D eigenvalue weighted by molar-refractivity contribution is 6.01. The zero-order valence-corrected chi connectivity index (χ0v) is 12.2. The summed E-state index contributed by atoms with van der Waals surface area (Å²) in [5, 5.41) is 18.4. The fourth-order valence-corrected chi connectivity index (χ4v) is 2.10. The Labute approximate surface area is 127 Å². The zero-order chi connectivity index (χ0) is 15.9. The molecule has 7 nitrogen and oxygen atoms in total. The molecule has 0 spiro atoms. The highest BCUT2D eigenvalue weighted by Gasteiger charge is 2.22. The monoisotopic (exact) mass is 302 g/mol. The van der Waals surface area contributed by atoms with E-state index in [1.54, 1.807) is 24.5 Å². The maximum absolute atomic E-state index is 12.3. The van der Waals surface area contributed by atoms with Crippen LogP contribution in [0.1, 0.15) is 36.5 Å². The van der Waals surface area contributed by atoms with Crippen LogP contribution in [0.15, 0.2) is 30.7 Å². The van der Waals surface area contributed by atoms with E-state index in [9.17, 15) is 14.7 Å². The number of pyridine rings is 1. The molecule has 0 aliphatic rings. The summed E-state index contributed by atoms with van der Waals surface area (Å²) >= 11 is 0. The van der Waals surface area contributed by atoms with Crippen molar-refractivity contribution in [1.29, 1.82) is 0 Å². The molecule has 1 amide bonds. The third kappa shape index (κ3) is 3.69. The van der Waals surface area contributed by atoms with Crippen LogP contribution in [0.2, 0.25) is 0 Å². The Morgan fingerprint density at radius 3 is 2.73 bits per heavy atom. The van der Waals surface area contributed by atoms with Crippen LogP contribution < -0.4 is 5.32 Å². The zero-order valence-electron chi connectivity index (χ0n) is 12.2. The van der Waals surface area contributed by atoms with Crippen molar-refractivity contribution in [2.75, 3.05) is 0 Å². The van der Waals surface area contributed by atoms with Crippen LogP contribution in [-0.4, -0.2) is 38.2 Å². The third-order valence-corrected chi connectivity index (χ3v) is 3.30. The maximum Gasteiger partial charge on any atom is 0.326 e. The van der Waals surface area contributed by atoms with E-state index in [0.29, 0.717) is 17.7 Å². The number of nitrogens with one attached hydrogen (secondary N) is 2. The van der Waals surface area contributed by atoms with Crippen molar-refractivity contribution in [3.8, 4) is 11.3 Å². The molecule has 2 rings (SSSR count). The van der Waals surface area contributed by atoms with Crippen molar-refractivity contribution in [3.63, 3.8) is 0 Å². The third-order valence-electron chi connectivity index (χ3n) is 3.30. The Bertz CT molecular complexity index is 639. The van der Waals surface area contributed by atoms with E-state index >= 15 is 0 Å². The lowest BCUT2D eigenvalue weighted by Crippen LogP contribution is -2.40. The molecule has 0 fully saturated rings. The molecule has 3 N–H and O–H groups in total. The van der Waals surface area contributed by atoms with Crippen molar-refractivity contribution in [3.05, 3.63) is 36.3 Å². The highest BCUT2D eigenvalue weighted by Crippen LogP contribution is 2.20. The molecule has 0 aromatic carbocycles. The number of aromatic amines is 1. The summed E-state index contributed by atoms with van der Waals surface area (Å²) in [5.41, 5.74) is 1.62. The first-order valence-corrected chi connectivity index (χ1v) is 7.11. The molecule has 7 heteroatoms. The smallest absolute Gasteiger partial charge is 0.326 e. The molecule has 2 aromatic heterocycles. The van der Waals surface area contributed by atoms with Crippen molar-refractivity contribution < 1.29 is 14.7 Å². The van der Waals surface area contributed by atoms with Gasteiger partial charge >= 0.3 is 5.97 Å². The minimum atomic E-state index is -1.03. The molecule has 0 saturated carbocycles. The second-order valence-corrected chi connectivity index (χ2v) is 4.90. The average Bonchev–Trinajstić information content (AvgIpc) is 3.01. The summed E-state index contributed by atoms with van der Waals surface area (Å²) in [6, 6.07) is 2.60. The van der Waals surface area contributed by atoms with Crippen LogP contribution in [0.4, 0.5) is 0 Å². The molecule has 1 unspecified atom stereocenters. The first-order valence-electron chi connectivity index (χ1n) is 7.11. The van der Waals surface area contributed by atoms with E-state index in [0.717, 1.165) is 18.4 Å². The van der Waals surface area contributed by atoms with Crippen LogP contribution in [0.25, 0.3) is 11.3 Å². The molecule has 2 heterocycles. The van der Waals surface area contributed by atoms with Crippen LogP contribution in [0.3, 0.4) is 0 Å². The van der Waals surface area contributed by atoms with Gasteiger partial charge in [0.05, 0.1) is 17.5 Å². The van der Waals surface area contributed by atoms with Gasteiger partial charge in [0.2, 0.25) is 0 Å². The van der Waals surface area contributed by atoms with Crippen molar-refractivity contribution in [2.24, 2.45) is 0 Å². The standard InChI is InChI=1S/C15H18N4O3/c1-2-3-4-12(15(21)22)18-14(20)11-9-17-19-13(11)10-5-7-16-8-6-10/h5-9,12H,2-4H2,1H3,(H,17,19)(H,18,20)(H,21,22). The van der Waals surface area contributed by atoms with E-state index in [2.05, 4.69) is 20.5 Å². The Balaban J connectivity index is 2.16. The van der Waals surface area contributed by atoms with Gasteiger partial charge in [-0.05, 0) is 18.6 Å². The first-order chi connectivity index (χ1) is 10.6. The number of hydrogen-bond acceptors (Lipinski definition) is 4. The Morgan fingerprint density at radius 2 is 2.09 bits per heavy atom. The van der Waals surface area contributed by atoms with Crippen LogP contribution in [-0.2, 0) is 4.79 Å². The Hall–Kier alpha value is -2.70. The number of nitrogens with zero attached hydrogens (tertiary/aromatic N) is 2. The van der Waals surface area contributed by atoms with Gasteiger partial charge < -0.3 is 10.4 Å². The van der Waals surface area contributed by atoms with Gasteiger partial charge in [-0.25, -0.2) is 4.79 Å². The largest absolute Gasteiger partial charge is 0.480 e. The van der Waals surface area contributed by atoms with Crippen LogP contribution in [0.5, 0.6) is 0 Å². The molecule has 2 aromatic rings. The Kier molecular flexibility index (Phi) is 5.24. The lowest BCUT2D eigenvalue weighted by Gasteiger charge is -2.14. The normalized spacial score (nSPS) is 11.9. The summed E-state index contributed by atoms with van der Waals surface area (Å²) in [5.74, 6) is -1.49. The number of H-pyrrole nitrogens is 1. The number of carboxylic acids is 1. The lowest BCUT2D eigenvalue weighted by atomic mass is 10.1. The summed E-state index contributed by atoms with van der Waals surface area (Å²) < 4.78 is 0. The molecule has 0 aliphatic carbocycles. The van der Waals surface area contributed by atoms with Gasteiger partial charge in [0.15, 0.2) is 0 Å². The number of carbonyl (C=O) groups is 2. The van der Waals surface area contributed by atoms with Crippen molar-refractivity contribution >= 4 is 11.9 Å². The second-order valence-electron chi connectivity index (χ2n) is 4.90. The number of carboxylic acid groups (broad SMARTS) is 1. The predicted molar refractivity (Wildman–Crippen MR) is 80.2 cm³/mol. The van der Waals surface area contributed by atoms with Gasteiger partial charge in [0.25, 0.3) is 5.91 Å². The maximum atomic E-state index is 12.3. The minimum Gasteiger partial charge on any atom is -0.480 e. The fourth-order valence-electron chi connectivity index (χ4n) is 2.10.